The van der Waals surface area contributed by atoms with Gasteiger partial charge < -0.3 is 10.8 Å². The number of carbonyl (C=O) groups excluding carboxylic acids is 1. The van der Waals surface area contributed by atoms with Gasteiger partial charge in [-0.05, 0) is 23.1 Å². The predicted octanol–water partition coefficient (Wildman–Crippen LogP) is 1.79. The molecule has 5 nitrogen and oxygen atoms in total. The molecule has 3 N–H and O–H groups in total. The second-order valence-electron chi connectivity index (χ2n) is 4.89. The zero-order chi connectivity index (χ0) is 15.0. The molecule has 21 heavy (non-hydrogen) atoms. The van der Waals surface area contributed by atoms with Gasteiger partial charge in [0.05, 0.1) is 0 Å². The molecule has 0 radical (unpaired) electrons. The lowest BCUT2D eigenvalue weighted by Gasteiger charge is -2.25. The molecule has 0 spiro atoms. The minimum atomic E-state index is -1.02. The number of carbonyl (C=O) groups is 2. The van der Waals surface area contributed by atoms with Crippen molar-refractivity contribution in [1.82, 2.24) is 0 Å². The summed E-state index contributed by atoms with van der Waals surface area (Å²) in [5, 5.41) is 11.2. The van der Waals surface area contributed by atoms with E-state index >= 15 is 0 Å². The van der Waals surface area contributed by atoms with Gasteiger partial charge in [0.1, 0.15) is 12.1 Å². The number of hydrogen-bond acceptors (Lipinski definition) is 4. The van der Waals surface area contributed by atoms with Crippen molar-refractivity contribution < 1.29 is 14.7 Å². The number of thiophene rings is 1. The zero-order valence-corrected chi connectivity index (χ0v) is 11.9. The lowest BCUT2D eigenvalue weighted by molar-refractivity contribution is -0.140. The van der Waals surface area contributed by atoms with Crippen LogP contribution in [0.3, 0.4) is 0 Å². The molecular formula is C15H14N2O3S. The van der Waals surface area contributed by atoms with Gasteiger partial charge in [0, 0.05) is 17.0 Å². The van der Waals surface area contributed by atoms with Crippen LogP contribution in [0.5, 0.6) is 0 Å². The largest absolute Gasteiger partial charge is 0.480 e. The number of fused-ring (bicyclic) bond motifs is 1. The highest BCUT2D eigenvalue weighted by Crippen LogP contribution is 2.34. The van der Waals surface area contributed by atoms with Crippen molar-refractivity contribution in [3.63, 3.8) is 0 Å². The fraction of sp³-hybridized carbons (Fsp3) is 0.200. The summed E-state index contributed by atoms with van der Waals surface area (Å²) >= 11 is 1.39. The van der Waals surface area contributed by atoms with Crippen molar-refractivity contribution in [3.05, 3.63) is 52.2 Å². The molecule has 108 valence electrons. The van der Waals surface area contributed by atoms with Gasteiger partial charge in [0.15, 0.2) is 0 Å². The van der Waals surface area contributed by atoms with Gasteiger partial charge in [-0.1, -0.05) is 24.3 Å². The molecule has 0 bridgehead atoms. The van der Waals surface area contributed by atoms with Crippen molar-refractivity contribution in [2.75, 3.05) is 4.90 Å². The number of aliphatic carboxylic acids is 1. The number of carboxylic acids is 1. The number of carboxylic acid groups (broad SMARTS) is 1. The molecule has 1 aliphatic rings. The molecule has 2 aromatic rings. The van der Waals surface area contributed by atoms with Crippen LogP contribution in [0.2, 0.25) is 0 Å². The van der Waals surface area contributed by atoms with Crippen LogP contribution < -0.4 is 10.6 Å². The molecule has 6 heteroatoms. The maximum absolute atomic E-state index is 12.7. The smallest absolute Gasteiger partial charge is 0.327 e. The molecule has 3 rings (SSSR count). The molecule has 2 heterocycles. The zero-order valence-electron chi connectivity index (χ0n) is 11.1. The first-order chi connectivity index (χ1) is 10.1. The first-order valence-electron chi connectivity index (χ1n) is 6.52. The summed E-state index contributed by atoms with van der Waals surface area (Å²) in [6, 6.07) is 9.11. The average Bonchev–Trinajstić information content (AvgIpc) is 3.12. The van der Waals surface area contributed by atoms with E-state index in [1.807, 2.05) is 23.6 Å². The highest BCUT2D eigenvalue weighted by atomic mass is 32.1. The van der Waals surface area contributed by atoms with E-state index in [4.69, 9.17) is 5.73 Å². The first-order valence-corrected chi connectivity index (χ1v) is 7.40. The topological polar surface area (TPSA) is 83.6 Å². The Morgan fingerprint density at radius 3 is 2.71 bits per heavy atom. The number of anilines is 1. The van der Waals surface area contributed by atoms with Crippen molar-refractivity contribution in [2.45, 2.75) is 18.5 Å². The summed E-state index contributed by atoms with van der Waals surface area (Å²) in [5.74, 6) is -1.40. The Balaban J connectivity index is 1.98. The minimum absolute atomic E-state index is 0.314. The summed E-state index contributed by atoms with van der Waals surface area (Å²) in [6.07, 6.45) is 0.314. The summed E-state index contributed by atoms with van der Waals surface area (Å²) in [4.78, 5) is 26.2. The third-order valence-electron chi connectivity index (χ3n) is 3.61. The molecule has 1 aromatic heterocycles. The van der Waals surface area contributed by atoms with Crippen molar-refractivity contribution in [1.29, 1.82) is 0 Å². The molecule has 1 amide bonds. The quantitative estimate of drug-likeness (QED) is 0.905. The molecule has 2 unspecified atom stereocenters. The number of amides is 1. The molecule has 0 fully saturated rings. The van der Waals surface area contributed by atoms with Gasteiger partial charge in [-0.25, -0.2) is 4.79 Å². The minimum Gasteiger partial charge on any atom is -0.480 e. The SMILES string of the molecule is NC(C(=O)N1c2ccccc2CC1C(=O)O)c1cccs1. The van der Waals surface area contributed by atoms with Crippen molar-refractivity contribution in [3.8, 4) is 0 Å². The lowest BCUT2D eigenvalue weighted by Crippen LogP contribution is -2.46. The first kappa shape index (κ1) is 13.8. The van der Waals surface area contributed by atoms with Crippen LogP contribution in [0.15, 0.2) is 41.8 Å². The maximum atomic E-state index is 12.7. The van der Waals surface area contributed by atoms with E-state index in [9.17, 15) is 14.7 Å². The van der Waals surface area contributed by atoms with E-state index in [0.29, 0.717) is 12.1 Å². The average molecular weight is 302 g/mol. The summed E-state index contributed by atoms with van der Waals surface area (Å²) in [6.45, 7) is 0. The fourth-order valence-electron chi connectivity index (χ4n) is 2.60. The van der Waals surface area contributed by atoms with Gasteiger partial charge >= 0.3 is 5.97 Å². The molecule has 1 aliphatic heterocycles. The molecule has 1 aromatic carbocycles. The van der Waals surface area contributed by atoms with Crippen LogP contribution in [0.4, 0.5) is 5.69 Å². The Morgan fingerprint density at radius 1 is 1.29 bits per heavy atom. The molecule has 0 aliphatic carbocycles. The molecule has 0 saturated heterocycles. The number of nitrogens with two attached hydrogens (primary N) is 1. The molecule has 2 atom stereocenters. The van der Waals surface area contributed by atoms with Gasteiger partial charge in [0.25, 0.3) is 0 Å². The molecular weight excluding hydrogens is 288 g/mol. The van der Waals surface area contributed by atoms with Gasteiger partial charge in [0.2, 0.25) is 5.91 Å². The number of hydrogen-bond donors (Lipinski definition) is 2. The highest BCUT2D eigenvalue weighted by molar-refractivity contribution is 7.10. The number of benzene rings is 1. The van der Waals surface area contributed by atoms with E-state index in [1.165, 1.54) is 16.2 Å². The number of nitrogens with zero attached hydrogens (tertiary/aromatic N) is 1. The standard InChI is InChI=1S/C15H14N2O3S/c16-13(12-6-3-7-21-12)14(18)17-10-5-2-1-4-9(10)8-11(17)15(19)20/h1-7,11,13H,8,16H2,(H,19,20). The predicted molar refractivity (Wildman–Crippen MR) is 80.3 cm³/mol. The Labute approximate surface area is 125 Å². The Kier molecular flexibility index (Phi) is 3.48. The van der Waals surface area contributed by atoms with E-state index in [1.54, 1.807) is 18.2 Å². The van der Waals surface area contributed by atoms with E-state index in [2.05, 4.69) is 0 Å². The second-order valence-corrected chi connectivity index (χ2v) is 5.87. The monoisotopic (exact) mass is 302 g/mol. The van der Waals surface area contributed by atoms with Gasteiger partial charge in [-0.2, -0.15) is 0 Å². The Morgan fingerprint density at radius 2 is 2.05 bits per heavy atom. The highest BCUT2D eigenvalue weighted by Gasteiger charge is 2.40. The van der Waals surface area contributed by atoms with Gasteiger partial charge in [-0.3, -0.25) is 9.69 Å². The van der Waals surface area contributed by atoms with Crippen LogP contribution in [-0.4, -0.2) is 23.0 Å². The summed E-state index contributed by atoms with van der Waals surface area (Å²) in [7, 11) is 0. The summed E-state index contributed by atoms with van der Waals surface area (Å²) in [5.41, 5.74) is 7.51. The fourth-order valence-corrected chi connectivity index (χ4v) is 3.31. The second kappa shape index (κ2) is 5.31. The lowest BCUT2D eigenvalue weighted by atomic mass is 10.1. The molecule has 0 saturated carbocycles. The van der Waals surface area contributed by atoms with E-state index < -0.39 is 18.1 Å². The third kappa shape index (κ3) is 2.32. The maximum Gasteiger partial charge on any atom is 0.327 e. The van der Waals surface area contributed by atoms with Crippen LogP contribution in [-0.2, 0) is 16.0 Å². The van der Waals surface area contributed by atoms with Crippen LogP contribution >= 0.6 is 11.3 Å². The normalized spacial score (nSPS) is 18.3. The van der Waals surface area contributed by atoms with Crippen LogP contribution in [0, 0.1) is 0 Å². The summed E-state index contributed by atoms with van der Waals surface area (Å²) < 4.78 is 0. The van der Waals surface area contributed by atoms with Crippen molar-refractivity contribution in [2.24, 2.45) is 5.73 Å². The van der Waals surface area contributed by atoms with E-state index in [-0.39, 0.29) is 5.91 Å². The van der Waals surface area contributed by atoms with Crippen LogP contribution in [0.1, 0.15) is 16.5 Å². The Hall–Kier alpha value is -2.18. The van der Waals surface area contributed by atoms with Crippen molar-refractivity contribution >= 4 is 28.9 Å². The Bertz CT molecular complexity index is 684. The van der Waals surface area contributed by atoms with Gasteiger partial charge in [-0.15, -0.1) is 11.3 Å². The van der Waals surface area contributed by atoms with Crippen LogP contribution in [0.25, 0.3) is 0 Å². The number of rotatable bonds is 3. The third-order valence-corrected chi connectivity index (χ3v) is 4.57. The number of para-hydroxylation sites is 1. The van der Waals surface area contributed by atoms with E-state index in [0.717, 1.165) is 10.4 Å².